The van der Waals surface area contributed by atoms with Crippen LogP contribution in [0.25, 0.3) is 0 Å². The van der Waals surface area contributed by atoms with Crippen molar-refractivity contribution in [1.29, 1.82) is 0 Å². The molecule has 0 radical (unpaired) electrons. The molecule has 2 atom stereocenters. The summed E-state index contributed by atoms with van der Waals surface area (Å²) in [7, 11) is 1.49. The minimum atomic E-state index is -4.39. The molecule has 0 fully saturated rings. The lowest BCUT2D eigenvalue weighted by molar-refractivity contribution is -0.870. The molecule has 0 amide bonds. The van der Waals surface area contributed by atoms with Crippen molar-refractivity contribution in [3.8, 4) is 0 Å². The molecule has 0 spiro atoms. The molecule has 0 aliphatic carbocycles. The summed E-state index contributed by atoms with van der Waals surface area (Å²) < 4.78 is 34.7. The second kappa shape index (κ2) is 59.6. The van der Waals surface area contributed by atoms with Gasteiger partial charge in [-0.1, -0.05) is 281 Å². The van der Waals surface area contributed by atoms with Gasteiger partial charge in [-0.3, -0.25) is 18.6 Å². The number of hydrogen-bond acceptors (Lipinski definition) is 7. The number of rotatable bonds is 62. The largest absolute Gasteiger partial charge is 0.472 e. The molecule has 1 N–H and O–H groups in total. The van der Waals surface area contributed by atoms with Crippen LogP contribution >= 0.6 is 7.82 Å². The van der Waals surface area contributed by atoms with Crippen molar-refractivity contribution in [3.63, 3.8) is 0 Å². The number of esters is 2. The lowest BCUT2D eigenvalue weighted by Gasteiger charge is -2.24. The number of quaternary nitrogens is 1. The lowest BCUT2D eigenvalue weighted by Crippen LogP contribution is -2.37. The van der Waals surface area contributed by atoms with E-state index in [0.717, 1.165) is 51.4 Å². The summed E-state index contributed by atoms with van der Waals surface area (Å²) in [5.74, 6) is -0.785. The SMILES string of the molecule is CCCCCCC/C=C\C/C=C\C/C=C\CCCCCCCCCCCCCCC(=O)OC(COC(=O)CCCCCCCCCCCCCCCCC/C=C\CCCCCCCCCC)COP(=O)(O)OCC[N+](C)(C)C. The average Bonchev–Trinajstić information content (AvgIpc) is 3.41. The average molecular weight is 1120 g/mol. The van der Waals surface area contributed by atoms with Crippen molar-refractivity contribution in [2.45, 2.75) is 328 Å². The van der Waals surface area contributed by atoms with E-state index < -0.39 is 26.5 Å². The molecule has 0 aromatic rings. The van der Waals surface area contributed by atoms with Crippen molar-refractivity contribution in [2.24, 2.45) is 0 Å². The minimum Gasteiger partial charge on any atom is -0.462 e. The number of carbonyl (C=O) groups excluding carboxylic acids is 2. The first-order chi connectivity index (χ1) is 38.0. The number of likely N-dealkylation sites (N-methyl/N-ethyl adjacent to an activating group) is 1. The molecule has 0 saturated heterocycles. The topological polar surface area (TPSA) is 108 Å². The van der Waals surface area contributed by atoms with Gasteiger partial charge < -0.3 is 18.9 Å². The van der Waals surface area contributed by atoms with Gasteiger partial charge in [-0.25, -0.2) is 4.57 Å². The highest BCUT2D eigenvalue weighted by atomic mass is 31.2. The van der Waals surface area contributed by atoms with Gasteiger partial charge in [0.05, 0.1) is 27.7 Å². The molecule has 0 rings (SSSR count). The van der Waals surface area contributed by atoms with E-state index in [-0.39, 0.29) is 25.6 Å². The van der Waals surface area contributed by atoms with Gasteiger partial charge in [-0.2, -0.15) is 0 Å². The van der Waals surface area contributed by atoms with Gasteiger partial charge in [0.2, 0.25) is 0 Å². The Morgan fingerprint density at radius 3 is 1.04 bits per heavy atom. The highest BCUT2D eigenvalue weighted by Gasteiger charge is 2.27. The van der Waals surface area contributed by atoms with Gasteiger partial charge in [-0.05, 0) is 77.0 Å². The number of carbonyl (C=O) groups is 2. The zero-order chi connectivity index (χ0) is 57.0. The molecule has 0 aromatic carbocycles. The molecule has 0 saturated carbocycles. The fraction of sp³-hybridized carbons (Fsp3) is 0.853. The van der Waals surface area contributed by atoms with E-state index in [2.05, 4.69) is 62.5 Å². The molecule has 10 heteroatoms. The van der Waals surface area contributed by atoms with Crippen LogP contribution in [0, 0.1) is 0 Å². The second-order valence-electron chi connectivity index (χ2n) is 23.9. The van der Waals surface area contributed by atoms with Crippen LogP contribution in [-0.2, 0) is 32.7 Å². The Balaban J connectivity index is 4.07. The van der Waals surface area contributed by atoms with E-state index in [4.69, 9.17) is 18.5 Å². The monoisotopic (exact) mass is 1120 g/mol. The Labute approximate surface area is 484 Å². The highest BCUT2D eigenvalue weighted by molar-refractivity contribution is 7.47. The van der Waals surface area contributed by atoms with Crippen molar-refractivity contribution < 1.29 is 42.1 Å². The molecule has 0 aliphatic heterocycles. The number of phosphoric ester groups is 1. The first kappa shape index (κ1) is 76.0. The Bertz CT molecular complexity index is 1460. The lowest BCUT2D eigenvalue weighted by atomic mass is 10.0. The smallest absolute Gasteiger partial charge is 0.462 e. The van der Waals surface area contributed by atoms with E-state index in [9.17, 15) is 19.0 Å². The van der Waals surface area contributed by atoms with Crippen molar-refractivity contribution in [1.82, 2.24) is 0 Å². The summed E-state index contributed by atoms with van der Waals surface area (Å²) in [6.07, 6.45) is 76.3. The van der Waals surface area contributed by atoms with Crippen LogP contribution in [0.15, 0.2) is 48.6 Å². The molecule has 78 heavy (non-hydrogen) atoms. The standard InChI is InChI=1S/C68H128NO8P/c1-6-8-10-12-14-16-18-20-22-24-26-28-30-32-34-36-38-40-42-44-46-48-50-52-54-56-58-60-67(70)74-64-66(65-76-78(72,73)75-63-62-69(3,4)5)77-68(71)61-59-57-55-53-51-49-47-45-43-41-39-37-35-33-31-29-27-25-23-21-19-17-15-13-11-9-7-2/h19,21,24-27,31,33,66H,6-18,20,22-23,28-30,32,34-65H2,1-5H3/p+1/b21-19-,26-24-,27-25-,33-31-. The summed E-state index contributed by atoms with van der Waals surface area (Å²) >= 11 is 0. The third-order valence-corrected chi connectivity index (χ3v) is 15.8. The van der Waals surface area contributed by atoms with Crippen LogP contribution in [0.1, 0.15) is 322 Å². The maximum Gasteiger partial charge on any atom is 0.472 e. The summed E-state index contributed by atoms with van der Waals surface area (Å²) in [5.41, 5.74) is 0. The van der Waals surface area contributed by atoms with E-state index in [1.807, 2.05) is 21.1 Å². The van der Waals surface area contributed by atoms with Crippen molar-refractivity contribution in [2.75, 3.05) is 47.5 Å². The summed E-state index contributed by atoms with van der Waals surface area (Å²) in [6.45, 7) is 4.47. The molecule has 0 bridgehead atoms. The summed E-state index contributed by atoms with van der Waals surface area (Å²) in [4.78, 5) is 35.8. The molecule has 458 valence electrons. The van der Waals surface area contributed by atoms with E-state index in [1.54, 1.807) is 0 Å². The van der Waals surface area contributed by atoms with Crippen LogP contribution in [0.3, 0.4) is 0 Å². The zero-order valence-corrected chi connectivity index (χ0v) is 53.1. The predicted octanol–water partition coefficient (Wildman–Crippen LogP) is 21.3. The van der Waals surface area contributed by atoms with Gasteiger partial charge in [-0.15, -0.1) is 0 Å². The second-order valence-corrected chi connectivity index (χ2v) is 25.3. The van der Waals surface area contributed by atoms with Crippen LogP contribution in [0.2, 0.25) is 0 Å². The van der Waals surface area contributed by atoms with Gasteiger partial charge in [0.15, 0.2) is 6.10 Å². The minimum absolute atomic E-state index is 0.0320. The Hall–Kier alpha value is -2.03. The first-order valence-corrected chi connectivity index (χ1v) is 34.9. The Morgan fingerprint density at radius 2 is 0.692 bits per heavy atom. The van der Waals surface area contributed by atoms with E-state index in [1.165, 1.54) is 238 Å². The van der Waals surface area contributed by atoms with Crippen LogP contribution in [0.4, 0.5) is 0 Å². The third kappa shape index (κ3) is 63.2. The number of nitrogens with zero attached hydrogens (tertiary/aromatic N) is 1. The quantitative estimate of drug-likeness (QED) is 0.0211. The number of allylic oxidation sites excluding steroid dienone is 8. The fourth-order valence-electron chi connectivity index (χ4n) is 9.67. The summed E-state index contributed by atoms with van der Waals surface area (Å²) in [6, 6.07) is 0. The number of phosphoric acid groups is 1. The maximum atomic E-state index is 12.9. The van der Waals surface area contributed by atoms with E-state index in [0.29, 0.717) is 23.9 Å². The molecule has 0 aliphatic rings. The van der Waals surface area contributed by atoms with Gasteiger partial charge in [0, 0.05) is 12.8 Å². The molecule has 0 aromatic heterocycles. The number of hydrogen-bond donors (Lipinski definition) is 1. The molecule has 2 unspecified atom stereocenters. The molecular weight excluding hydrogens is 990 g/mol. The van der Waals surface area contributed by atoms with E-state index >= 15 is 0 Å². The first-order valence-electron chi connectivity index (χ1n) is 33.4. The van der Waals surface area contributed by atoms with Gasteiger partial charge >= 0.3 is 19.8 Å². The Kier molecular flexibility index (Phi) is 58.0. The third-order valence-electron chi connectivity index (χ3n) is 14.8. The highest BCUT2D eigenvalue weighted by Crippen LogP contribution is 2.43. The molecule has 9 nitrogen and oxygen atoms in total. The molecular formula is C68H129NO8P+. The van der Waals surface area contributed by atoms with Crippen molar-refractivity contribution >= 4 is 19.8 Å². The Morgan fingerprint density at radius 1 is 0.397 bits per heavy atom. The van der Waals surface area contributed by atoms with Crippen LogP contribution < -0.4 is 0 Å². The number of ether oxygens (including phenoxy) is 2. The van der Waals surface area contributed by atoms with Gasteiger partial charge in [0.25, 0.3) is 0 Å². The number of unbranched alkanes of at least 4 members (excludes halogenated alkanes) is 40. The fourth-order valence-corrected chi connectivity index (χ4v) is 10.4. The maximum absolute atomic E-state index is 12.9. The normalized spacial score (nSPS) is 13.5. The molecule has 0 heterocycles. The summed E-state index contributed by atoms with van der Waals surface area (Å²) in [5, 5.41) is 0. The zero-order valence-electron chi connectivity index (χ0n) is 52.2. The van der Waals surface area contributed by atoms with Crippen molar-refractivity contribution in [3.05, 3.63) is 48.6 Å². The predicted molar refractivity (Wildman–Crippen MR) is 335 cm³/mol. The van der Waals surface area contributed by atoms with Gasteiger partial charge in [0.1, 0.15) is 19.8 Å². The van der Waals surface area contributed by atoms with Crippen LogP contribution in [-0.4, -0.2) is 74.9 Å². The van der Waals surface area contributed by atoms with Crippen LogP contribution in [0.5, 0.6) is 0 Å².